The molecule has 0 atom stereocenters. The summed E-state index contributed by atoms with van der Waals surface area (Å²) in [7, 11) is 3.79. The molecule has 0 saturated heterocycles. The maximum Gasteiger partial charge on any atom is 0.218 e. The minimum atomic E-state index is 0. The number of imidazole rings is 1. The number of aryl methyl sites for hydroxylation is 3. The van der Waals surface area contributed by atoms with Crippen LogP contribution in [0.25, 0.3) is 28.4 Å². The standard InChI is InChI=1S/C15H16N8.ClH/c1-9-10(11-4-6-22(3)19-11)8-23-12(9)13(16)18-14(20-23)15-17-5-7-21(15)2;/h4-8H,1-3H3,(H2,16,18,20);1H. The molecule has 0 fully saturated rings. The molecule has 0 unspecified atom stereocenters. The molecule has 124 valence electrons. The van der Waals surface area contributed by atoms with Gasteiger partial charge in [-0.1, -0.05) is 0 Å². The topological polar surface area (TPSA) is 91.9 Å². The Morgan fingerprint density at radius 1 is 1.12 bits per heavy atom. The van der Waals surface area contributed by atoms with Crippen molar-refractivity contribution in [1.29, 1.82) is 0 Å². The van der Waals surface area contributed by atoms with Gasteiger partial charge in [-0.2, -0.15) is 5.10 Å². The highest BCUT2D eigenvalue weighted by Gasteiger charge is 2.17. The first-order valence-corrected chi connectivity index (χ1v) is 7.18. The third-order valence-electron chi connectivity index (χ3n) is 3.92. The Balaban J connectivity index is 0.00000169. The highest BCUT2D eigenvalue weighted by Crippen LogP contribution is 2.29. The van der Waals surface area contributed by atoms with E-state index in [4.69, 9.17) is 5.73 Å². The van der Waals surface area contributed by atoms with Crippen LogP contribution < -0.4 is 5.73 Å². The quantitative estimate of drug-likeness (QED) is 0.599. The summed E-state index contributed by atoms with van der Waals surface area (Å²) >= 11 is 0. The number of halogens is 1. The zero-order valence-corrected chi connectivity index (χ0v) is 14.3. The van der Waals surface area contributed by atoms with Crippen LogP contribution in [-0.2, 0) is 14.1 Å². The van der Waals surface area contributed by atoms with Gasteiger partial charge in [0.05, 0.1) is 5.69 Å². The van der Waals surface area contributed by atoms with Crippen molar-refractivity contribution < 1.29 is 0 Å². The van der Waals surface area contributed by atoms with Crippen molar-refractivity contribution >= 4 is 23.7 Å². The molecule has 4 rings (SSSR count). The van der Waals surface area contributed by atoms with Crippen LogP contribution in [-0.4, -0.2) is 33.9 Å². The third kappa shape index (κ3) is 2.31. The molecule has 9 heteroatoms. The van der Waals surface area contributed by atoms with E-state index < -0.39 is 0 Å². The Hall–Kier alpha value is -2.87. The fourth-order valence-electron chi connectivity index (χ4n) is 2.76. The SMILES string of the molecule is Cc1c(-c2ccn(C)n2)cn2nc(-c3nccn3C)nc(N)c12.Cl. The molecule has 0 saturated carbocycles. The number of aromatic nitrogens is 7. The molecule has 0 aliphatic carbocycles. The van der Waals surface area contributed by atoms with E-state index in [1.807, 2.05) is 50.2 Å². The fourth-order valence-corrected chi connectivity index (χ4v) is 2.76. The van der Waals surface area contributed by atoms with Crippen molar-refractivity contribution in [3.05, 3.63) is 36.4 Å². The summed E-state index contributed by atoms with van der Waals surface area (Å²) in [6, 6.07) is 1.96. The molecule has 24 heavy (non-hydrogen) atoms. The summed E-state index contributed by atoms with van der Waals surface area (Å²) < 4.78 is 5.38. The normalized spacial score (nSPS) is 11.0. The lowest BCUT2D eigenvalue weighted by Gasteiger charge is -2.04. The van der Waals surface area contributed by atoms with E-state index in [0.717, 1.165) is 22.3 Å². The van der Waals surface area contributed by atoms with Crippen LogP contribution >= 0.6 is 12.4 Å². The highest BCUT2D eigenvalue weighted by atomic mass is 35.5. The predicted octanol–water partition coefficient (Wildman–Crippen LogP) is 1.84. The molecule has 4 heterocycles. The van der Waals surface area contributed by atoms with Gasteiger partial charge >= 0.3 is 0 Å². The van der Waals surface area contributed by atoms with Crippen molar-refractivity contribution in [2.75, 3.05) is 5.73 Å². The molecule has 0 bridgehead atoms. The van der Waals surface area contributed by atoms with Crippen molar-refractivity contribution in [2.45, 2.75) is 6.92 Å². The first-order valence-electron chi connectivity index (χ1n) is 7.18. The molecule has 0 spiro atoms. The Bertz CT molecular complexity index is 1030. The smallest absolute Gasteiger partial charge is 0.218 e. The number of nitrogens with two attached hydrogens (primary N) is 1. The van der Waals surface area contributed by atoms with Crippen molar-refractivity contribution in [3.8, 4) is 22.9 Å². The van der Waals surface area contributed by atoms with E-state index in [9.17, 15) is 0 Å². The Morgan fingerprint density at radius 2 is 1.92 bits per heavy atom. The lowest BCUT2D eigenvalue weighted by molar-refractivity contribution is 0.770. The van der Waals surface area contributed by atoms with Crippen LogP contribution in [0.2, 0.25) is 0 Å². The minimum absolute atomic E-state index is 0. The van der Waals surface area contributed by atoms with Crippen LogP contribution in [0.15, 0.2) is 30.9 Å². The maximum absolute atomic E-state index is 6.18. The second-order valence-corrected chi connectivity index (χ2v) is 5.52. The van der Waals surface area contributed by atoms with Crippen molar-refractivity contribution in [2.24, 2.45) is 14.1 Å². The van der Waals surface area contributed by atoms with E-state index in [1.165, 1.54) is 0 Å². The van der Waals surface area contributed by atoms with Gasteiger partial charge in [-0.3, -0.25) is 4.68 Å². The second kappa shape index (κ2) is 5.64. The molecule has 0 aromatic carbocycles. The Labute approximate surface area is 144 Å². The maximum atomic E-state index is 6.18. The van der Waals surface area contributed by atoms with E-state index in [1.54, 1.807) is 15.4 Å². The molecular weight excluding hydrogens is 328 g/mol. The van der Waals surface area contributed by atoms with E-state index in [2.05, 4.69) is 20.2 Å². The highest BCUT2D eigenvalue weighted by molar-refractivity contribution is 5.85. The van der Waals surface area contributed by atoms with Crippen LogP contribution in [0, 0.1) is 6.92 Å². The first kappa shape index (κ1) is 16.0. The lowest BCUT2D eigenvalue weighted by Crippen LogP contribution is -2.05. The average Bonchev–Trinajstić information content (AvgIpc) is 3.18. The molecule has 0 aliphatic heterocycles. The van der Waals surface area contributed by atoms with Gasteiger partial charge in [0.2, 0.25) is 5.82 Å². The Morgan fingerprint density at radius 3 is 2.54 bits per heavy atom. The first-order chi connectivity index (χ1) is 11.0. The summed E-state index contributed by atoms with van der Waals surface area (Å²) in [5, 5.41) is 9.01. The summed E-state index contributed by atoms with van der Waals surface area (Å²) in [6.45, 7) is 2.00. The lowest BCUT2D eigenvalue weighted by atomic mass is 10.1. The van der Waals surface area contributed by atoms with Gasteiger partial charge < -0.3 is 10.3 Å². The molecule has 0 amide bonds. The number of nitrogen functional groups attached to an aromatic ring is 1. The van der Waals surface area contributed by atoms with E-state index in [0.29, 0.717) is 17.5 Å². The van der Waals surface area contributed by atoms with Gasteiger partial charge in [-0.15, -0.1) is 17.5 Å². The second-order valence-electron chi connectivity index (χ2n) is 5.52. The van der Waals surface area contributed by atoms with Gasteiger partial charge in [0.1, 0.15) is 5.52 Å². The molecule has 8 nitrogen and oxygen atoms in total. The molecule has 0 radical (unpaired) electrons. The monoisotopic (exact) mass is 344 g/mol. The number of hydrogen-bond acceptors (Lipinski definition) is 5. The number of fused-ring (bicyclic) bond motifs is 1. The number of anilines is 1. The number of nitrogens with zero attached hydrogens (tertiary/aromatic N) is 7. The summed E-state index contributed by atoms with van der Waals surface area (Å²) in [5.41, 5.74) is 9.85. The van der Waals surface area contributed by atoms with Gasteiger partial charge in [0.15, 0.2) is 11.6 Å². The van der Waals surface area contributed by atoms with Crippen LogP contribution in [0.1, 0.15) is 5.56 Å². The summed E-state index contributed by atoms with van der Waals surface area (Å²) in [6.07, 6.45) is 7.39. The largest absolute Gasteiger partial charge is 0.382 e. The number of rotatable bonds is 2. The molecule has 2 N–H and O–H groups in total. The molecule has 4 aromatic rings. The van der Waals surface area contributed by atoms with Gasteiger partial charge in [0.25, 0.3) is 0 Å². The predicted molar refractivity (Wildman–Crippen MR) is 93.8 cm³/mol. The average molecular weight is 345 g/mol. The molecule has 0 aliphatic rings. The van der Waals surface area contributed by atoms with E-state index in [-0.39, 0.29) is 12.4 Å². The third-order valence-corrected chi connectivity index (χ3v) is 3.92. The van der Waals surface area contributed by atoms with Gasteiger partial charge in [-0.05, 0) is 18.6 Å². The van der Waals surface area contributed by atoms with Crippen LogP contribution in [0.5, 0.6) is 0 Å². The zero-order valence-electron chi connectivity index (χ0n) is 13.5. The summed E-state index contributed by atoms with van der Waals surface area (Å²) in [4.78, 5) is 8.69. The van der Waals surface area contributed by atoms with Gasteiger partial charge in [-0.25, -0.2) is 14.5 Å². The van der Waals surface area contributed by atoms with Crippen molar-refractivity contribution in [3.63, 3.8) is 0 Å². The summed E-state index contributed by atoms with van der Waals surface area (Å²) in [5.74, 6) is 1.59. The molecular formula is C15H17ClN8. The van der Waals surface area contributed by atoms with E-state index >= 15 is 0 Å². The van der Waals surface area contributed by atoms with Crippen LogP contribution in [0.3, 0.4) is 0 Å². The zero-order chi connectivity index (χ0) is 16.1. The van der Waals surface area contributed by atoms with Crippen molar-refractivity contribution in [1.82, 2.24) is 33.9 Å². The molecule has 4 aromatic heterocycles. The fraction of sp³-hybridized carbons (Fsp3) is 0.200. The Kier molecular flexibility index (Phi) is 3.76. The van der Waals surface area contributed by atoms with Crippen LogP contribution in [0.4, 0.5) is 5.82 Å². The van der Waals surface area contributed by atoms with Gasteiger partial charge in [0, 0.05) is 44.4 Å². The number of hydrogen-bond donors (Lipinski definition) is 1. The minimum Gasteiger partial charge on any atom is -0.382 e.